The van der Waals surface area contributed by atoms with E-state index in [1.165, 1.54) is 0 Å². The number of aliphatic imine (C=N–C) groups is 1. The van der Waals surface area contributed by atoms with Crippen molar-refractivity contribution >= 4 is 63.4 Å². The molecule has 16 heteroatoms. The third-order valence-corrected chi connectivity index (χ3v) is 7.58. The minimum atomic E-state index is -0.367. The first-order chi connectivity index (χ1) is 21.0. The molecule has 0 saturated carbocycles. The molecule has 0 unspecified atom stereocenters. The van der Waals surface area contributed by atoms with E-state index in [1.807, 2.05) is 24.3 Å². The molecule has 0 aromatic heterocycles. The highest BCUT2D eigenvalue weighted by molar-refractivity contribution is 7.80. The van der Waals surface area contributed by atoms with E-state index in [2.05, 4.69) is 63.3 Å². The molecule has 1 aromatic carbocycles. The van der Waals surface area contributed by atoms with Crippen LogP contribution in [0.25, 0.3) is 0 Å². The van der Waals surface area contributed by atoms with Crippen LogP contribution in [0.4, 0.5) is 11.4 Å². The van der Waals surface area contributed by atoms with Crippen LogP contribution < -0.4 is 53.2 Å². The van der Waals surface area contributed by atoms with E-state index in [9.17, 15) is 0 Å². The van der Waals surface area contributed by atoms with E-state index >= 15 is 0 Å². The molecule has 0 amide bonds. The number of hydrogen-bond acceptors (Lipinski definition) is 12. The highest BCUT2D eigenvalue weighted by Gasteiger charge is 2.33. The first kappa shape index (κ1) is 35.6. The van der Waals surface area contributed by atoms with Crippen molar-refractivity contribution in [3.63, 3.8) is 0 Å². The lowest BCUT2D eigenvalue weighted by Gasteiger charge is -2.39. The van der Waals surface area contributed by atoms with Crippen LogP contribution in [0.2, 0.25) is 0 Å². The quantitative estimate of drug-likeness (QED) is 0.0675. The van der Waals surface area contributed by atoms with Gasteiger partial charge in [0, 0.05) is 91.3 Å². The average molecular weight is 654 g/mol. The molecule has 3 heterocycles. The lowest BCUT2D eigenvalue weighted by molar-refractivity contribution is 0.0673. The number of benzene rings is 1. The highest BCUT2D eigenvalue weighted by atomic mass is 32.1. The Balaban J connectivity index is 1.64. The molecule has 3 fully saturated rings. The fourth-order valence-electron chi connectivity index (χ4n) is 4.83. The number of ether oxygens (including phenoxy) is 2. The Morgan fingerprint density at radius 3 is 1.67 bits per heavy atom. The molecule has 13 nitrogen and oxygen atoms in total. The van der Waals surface area contributed by atoms with Crippen molar-refractivity contribution in [1.82, 2.24) is 47.9 Å². The second-order valence-electron chi connectivity index (χ2n) is 10.6. The summed E-state index contributed by atoms with van der Waals surface area (Å²) >= 11 is 16.1. The molecule has 4 rings (SSSR count). The van der Waals surface area contributed by atoms with Crippen LogP contribution in [0.15, 0.2) is 29.3 Å². The van der Waals surface area contributed by atoms with E-state index < -0.39 is 0 Å². The Labute approximate surface area is 271 Å². The first-order valence-corrected chi connectivity index (χ1v) is 15.8. The molecule has 2 bridgehead atoms. The fourth-order valence-corrected chi connectivity index (χ4v) is 5.54. The number of isothiocyanates is 1. The van der Waals surface area contributed by atoms with E-state index in [4.69, 9.17) is 46.1 Å². The van der Waals surface area contributed by atoms with Gasteiger partial charge in [-0.25, -0.2) is 0 Å². The third-order valence-electron chi connectivity index (χ3n) is 7.04. The number of methoxy groups -OCH3 is 1. The monoisotopic (exact) mass is 653 g/mol. The summed E-state index contributed by atoms with van der Waals surface area (Å²) in [5.74, 6) is 0. The van der Waals surface area contributed by atoms with Gasteiger partial charge in [-0.05, 0) is 60.9 Å². The summed E-state index contributed by atoms with van der Waals surface area (Å²) in [7, 11) is 1.65. The summed E-state index contributed by atoms with van der Waals surface area (Å²) in [6.07, 6.45) is 0. The predicted molar refractivity (Wildman–Crippen MR) is 185 cm³/mol. The lowest BCUT2D eigenvalue weighted by Crippen LogP contribution is -2.69. The summed E-state index contributed by atoms with van der Waals surface area (Å²) < 4.78 is 10.6. The van der Waals surface area contributed by atoms with Gasteiger partial charge in [0.15, 0.2) is 10.2 Å². The van der Waals surface area contributed by atoms with Gasteiger partial charge in [-0.2, -0.15) is 4.99 Å². The molecular weight excluding hydrogens is 607 g/mol. The van der Waals surface area contributed by atoms with Crippen LogP contribution in [0, 0.1) is 0 Å². The molecule has 0 spiro atoms. The van der Waals surface area contributed by atoms with Gasteiger partial charge >= 0.3 is 0 Å². The number of rotatable bonds is 9. The largest absolute Gasteiger partial charge is 0.382 e. The number of hydrogen-bond donors (Lipinski definition) is 10. The predicted octanol–water partition coefficient (Wildman–Crippen LogP) is -1.17. The number of thiocarbonyl (C=S) groups is 3. The van der Waals surface area contributed by atoms with Crippen molar-refractivity contribution in [3.8, 4) is 0 Å². The molecule has 3 aliphatic rings. The molecule has 1 aromatic rings. The highest BCUT2D eigenvalue weighted by Crippen LogP contribution is 2.16. The normalized spacial score (nSPS) is 24.0. The summed E-state index contributed by atoms with van der Waals surface area (Å²) in [5, 5.41) is 39.0. The molecule has 10 N–H and O–H groups in total. The molecule has 3 aliphatic heterocycles. The fraction of sp³-hybridized carbons (Fsp3) is 0.667. The second kappa shape index (κ2) is 20.2. The Hall–Kier alpha value is -1.92. The van der Waals surface area contributed by atoms with Crippen LogP contribution in [-0.4, -0.2) is 132 Å². The van der Waals surface area contributed by atoms with Crippen molar-refractivity contribution in [1.29, 1.82) is 0 Å². The average Bonchev–Trinajstić information content (AvgIpc) is 2.99. The van der Waals surface area contributed by atoms with E-state index in [0.29, 0.717) is 69.4 Å². The number of nitrogens with one attached hydrogen (secondary N) is 10. The summed E-state index contributed by atoms with van der Waals surface area (Å²) in [5.41, 5.74) is 0.909. The Bertz CT molecular complexity index is 984. The standard InChI is InChI=1S/C27H47N11O2S3/c1-39-12-13-40-20-34-24(42)37-26-14-28-6-9-31-17-27(18-32-10-7-29-15-26,19-33-11-8-30-16-26)38-25(43)36-23-4-2-22(3-5-23)35-21-41/h2-5,28-33H,6-20H2,1H3,(H2,34,37,42)(H2,36,38,43). The second-order valence-corrected chi connectivity index (χ2v) is 11.6. The molecule has 3 saturated heterocycles. The van der Waals surface area contributed by atoms with Gasteiger partial charge in [-0.1, -0.05) is 0 Å². The van der Waals surface area contributed by atoms with Crippen molar-refractivity contribution in [3.05, 3.63) is 24.3 Å². The zero-order valence-electron chi connectivity index (χ0n) is 24.9. The molecule has 0 radical (unpaired) electrons. The topological polar surface area (TPSA) is 151 Å². The minimum absolute atomic E-state index is 0.321. The zero-order chi connectivity index (χ0) is 30.6. The third kappa shape index (κ3) is 13.7. The van der Waals surface area contributed by atoms with Gasteiger partial charge < -0.3 is 62.6 Å². The smallest absolute Gasteiger partial charge is 0.171 e. The van der Waals surface area contributed by atoms with Crippen LogP contribution >= 0.6 is 36.7 Å². The van der Waals surface area contributed by atoms with E-state index in [0.717, 1.165) is 50.6 Å². The maximum atomic E-state index is 5.77. The van der Waals surface area contributed by atoms with Gasteiger partial charge in [0.05, 0.1) is 35.1 Å². The number of anilines is 1. The number of nitrogens with zero attached hydrogens (tertiary/aromatic N) is 1. The number of fused-ring (bicyclic) bond motifs is 15. The van der Waals surface area contributed by atoms with Gasteiger partial charge in [0.2, 0.25) is 0 Å². The Morgan fingerprint density at radius 1 is 0.767 bits per heavy atom. The van der Waals surface area contributed by atoms with E-state index in [1.54, 1.807) is 7.11 Å². The zero-order valence-corrected chi connectivity index (χ0v) is 27.4. The van der Waals surface area contributed by atoms with Crippen LogP contribution in [0.3, 0.4) is 0 Å². The molecule has 0 aliphatic carbocycles. The first-order valence-electron chi connectivity index (χ1n) is 14.6. The van der Waals surface area contributed by atoms with Crippen molar-refractivity contribution in [2.45, 2.75) is 11.1 Å². The van der Waals surface area contributed by atoms with Crippen molar-refractivity contribution < 1.29 is 9.47 Å². The maximum Gasteiger partial charge on any atom is 0.171 e. The van der Waals surface area contributed by atoms with E-state index in [-0.39, 0.29) is 11.1 Å². The SMILES string of the molecule is COCCOCNC(=S)NC12CNCCNCC(NC(=S)Nc3ccc(N=C=S)cc3)(CNCCNC1)CNCCNC2. The minimum Gasteiger partial charge on any atom is -0.382 e. The Morgan fingerprint density at radius 2 is 1.23 bits per heavy atom. The van der Waals surface area contributed by atoms with Crippen LogP contribution in [-0.2, 0) is 9.47 Å². The summed E-state index contributed by atoms with van der Waals surface area (Å²) in [6.45, 7) is 10.4. The van der Waals surface area contributed by atoms with Gasteiger partial charge in [0.1, 0.15) is 6.73 Å². The maximum absolute atomic E-state index is 5.77. The lowest BCUT2D eigenvalue weighted by atomic mass is 9.97. The Kier molecular flexibility index (Phi) is 16.7. The summed E-state index contributed by atoms with van der Waals surface area (Å²) in [4.78, 5) is 4.01. The molecule has 240 valence electrons. The van der Waals surface area contributed by atoms with Gasteiger partial charge in [-0.3, -0.25) is 0 Å². The van der Waals surface area contributed by atoms with Gasteiger partial charge in [0.25, 0.3) is 0 Å². The van der Waals surface area contributed by atoms with Gasteiger partial charge in [-0.15, -0.1) is 0 Å². The molecule has 43 heavy (non-hydrogen) atoms. The van der Waals surface area contributed by atoms with Crippen LogP contribution in [0.5, 0.6) is 0 Å². The van der Waals surface area contributed by atoms with Crippen LogP contribution in [0.1, 0.15) is 0 Å². The van der Waals surface area contributed by atoms with Crippen molar-refractivity contribution in [2.24, 2.45) is 4.99 Å². The van der Waals surface area contributed by atoms with Crippen molar-refractivity contribution in [2.75, 3.05) is 111 Å². The molecule has 0 atom stereocenters. The molecular formula is C27H47N11O2S3. The summed E-state index contributed by atoms with van der Waals surface area (Å²) in [6, 6.07) is 7.58.